The highest BCUT2D eigenvalue weighted by molar-refractivity contribution is 5.94. The second-order valence-electron chi connectivity index (χ2n) is 7.89. The van der Waals surface area contributed by atoms with Crippen LogP contribution in [0.1, 0.15) is 72.9 Å². The number of likely N-dealkylation sites (tertiary alicyclic amines) is 1. The number of carbonyl (C=O) groups is 1. The van der Waals surface area contributed by atoms with Crippen LogP contribution in [0.2, 0.25) is 0 Å². The number of nitrogens with zero attached hydrogens (tertiary/aromatic N) is 1. The Morgan fingerprint density at radius 2 is 1.54 bits per heavy atom. The van der Waals surface area contributed by atoms with Crippen LogP contribution in [0.15, 0.2) is 18.2 Å². The minimum atomic E-state index is 0.0868. The molecule has 2 fully saturated rings. The molecule has 3 rings (SSSR count). The molecule has 0 spiro atoms. The third-order valence-electron chi connectivity index (χ3n) is 5.87. The van der Waals surface area contributed by atoms with E-state index in [1.807, 2.05) is 12.1 Å². The maximum Gasteiger partial charge on any atom is 0.251 e. The molecule has 1 saturated carbocycles. The fourth-order valence-electron chi connectivity index (χ4n) is 4.64. The van der Waals surface area contributed by atoms with Crippen LogP contribution < -0.4 is 5.32 Å². The molecule has 1 saturated heterocycles. The van der Waals surface area contributed by atoms with Gasteiger partial charge in [-0.1, -0.05) is 42.9 Å². The third-order valence-corrected chi connectivity index (χ3v) is 5.87. The normalized spacial score (nSPS) is 21.4. The number of piperidine rings is 1. The minimum absolute atomic E-state index is 0.0868. The maximum absolute atomic E-state index is 12.7. The lowest BCUT2D eigenvalue weighted by Crippen LogP contribution is -2.58. The van der Waals surface area contributed by atoms with E-state index < -0.39 is 0 Å². The topological polar surface area (TPSA) is 32.3 Å². The molecule has 0 aromatic heterocycles. The van der Waals surface area contributed by atoms with E-state index in [2.05, 4.69) is 30.1 Å². The fraction of sp³-hybridized carbons (Fsp3) is 0.667. The van der Waals surface area contributed by atoms with E-state index in [4.69, 9.17) is 0 Å². The number of nitrogens with one attached hydrogen (secondary N) is 1. The molecular weight excluding hydrogens is 296 g/mol. The summed E-state index contributed by atoms with van der Waals surface area (Å²) in [6, 6.07) is 6.11. The summed E-state index contributed by atoms with van der Waals surface area (Å²) in [5.41, 5.74) is 3.32. The van der Waals surface area contributed by atoms with Gasteiger partial charge < -0.3 is 5.32 Å². The van der Waals surface area contributed by atoms with Gasteiger partial charge in [-0.3, -0.25) is 9.69 Å². The summed E-state index contributed by atoms with van der Waals surface area (Å²) >= 11 is 0. The number of hydrogen-bond donors (Lipinski definition) is 1. The molecule has 132 valence electrons. The van der Waals surface area contributed by atoms with Gasteiger partial charge in [-0.15, -0.1) is 0 Å². The summed E-state index contributed by atoms with van der Waals surface area (Å²) in [6.07, 6.45) is 10.4. The first-order valence-electron chi connectivity index (χ1n) is 9.71. The van der Waals surface area contributed by atoms with Crippen molar-refractivity contribution >= 4 is 5.91 Å². The largest absolute Gasteiger partial charge is 0.350 e. The highest BCUT2D eigenvalue weighted by Crippen LogP contribution is 2.35. The van der Waals surface area contributed by atoms with E-state index in [-0.39, 0.29) is 11.4 Å². The lowest BCUT2D eigenvalue weighted by molar-refractivity contribution is 0.0326. The Kier molecular flexibility index (Phi) is 5.60. The molecule has 1 amide bonds. The SMILES string of the molecule is Cc1cc(C)cc(C(=O)NCC2(N3CCCCC3)CCCCC2)c1. The lowest BCUT2D eigenvalue weighted by Gasteiger charge is -2.48. The number of amides is 1. The highest BCUT2D eigenvalue weighted by atomic mass is 16.1. The number of carbonyl (C=O) groups excluding carboxylic acids is 1. The fourth-order valence-corrected chi connectivity index (χ4v) is 4.64. The van der Waals surface area contributed by atoms with Crippen LogP contribution in [0.25, 0.3) is 0 Å². The van der Waals surface area contributed by atoms with Crippen molar-refractivity contribution < 1.29 is 4.79 Å². The van der Waals surface area contributed by atoms with E-state index >= 15 is 0 Å². The van der Waals surface area contributed by atoms with Crippen LogP contribution in [-0.2, 0) is 0 Å². The summed E-state index contributed by atoms with van der Waals surface area (Å²) in [7, 11) is 0. The van der Waals surface area contributed by atoms with E-state index in [0.717, 1.165) is 23.2 Å². The second kappa shape index (κ2) is 7.69. The number of aryl methyl sites for hydroxylation is 2. The molecule has 0 atom stereocenters. The first-order valence-corrected chi connectivity index (χ1v) is 9.71. The van der Waals surface area contributed by atoms with Crippen LogP contribution >= 0.6 is 0 Å². The quantitative estimate of drug-likeness (QED) is 0.897. The summed E-state index contributed by atoms with van der Waals surface area (Å²) in [5, 5.41) is 3.28. The zero-order valence-corrected chi connectivity index (χ0v) is 15.4. The van der Waals surface area contributed by atoms with Gasteiger partial charge in [0.1, 0.15) is 0 Å². The number of hydrogen-bond acceptors (Lipinski definition) is 2. The first kappa shape index (κ1) is 17.5. The zero-order valence-electron chi connectivity index (χ0n) is 15.4. The monoisotopic (exact) mass is 328 g/mol. The van der Waals surface area contributed by atoms with Gasteiger partial charge in [0.15, 0.2) is 0 Å². The maximum atomic E-state index is 12.7. The van der Waals surface area contributed by atoms with Gasteiger partial charge in [-0.05, 0) is 64.8 Å². The van der Waals surface area contributed by atoms with Crippen LogP contribution in [0.3, 0.4) is 0 Å². The van der Waals surface area contributed by atoms with E-state index in [0.29, 0.717) is 0 Å². The lowest BCUT2D eigenvalue weighted by atomic mass is 9.79. The molecule has 24 heavy (non-hydrogen) atoms. The Morgan fingerprint density at radius 3 is 2.17 bits per heavy atom. The summed E-state index contributed by atoms with van der Waals surface area (Å²) in [4.78, 5) is 15.4. The van der Waals surface area contributed by atoms with Gasteiger partial charge in [0.05, 0.1) is 0 Å². The van der Waals surface area contributed by atoms with Crippen molar-refractivity contribution in [1.82, 2.24) is 10.2 Å². The Morgan fingerprint density at radius 1 is 0.958 bits per heavy atom. The molecular formula is C21H32N2O. The highest BCUT2D eigenvalue weighted by Gasteiger charge is 2.38. The average Bonchev–Trinajstić information content (AvgIpc) is 2.60. The van der Waals surface area contributed by atoms with Crippen LogP contribution in [0.4, 0.5) is 0 Å². The average molecular weight is 329 g/mol. The predicted molar refractivity (Wildman–Crippen MR) is 99.5 cm³/mol. The molecule has 2 aliphatic rings. The molecule has 1 aromatic rings. The summed E-state index contributed by atoms with van der Waals surface area (Å²) in [6.45, 7) is 7.33. The summed E-state index contributed by atoms with van der Waals surface area (Å²) in [5.74, 6) is 0.0868. The molecule has 0 bridgehead atoms. The molecule has 3 nitrogen and oxygen atoms in total. The summed E-state index contributed by atoms with van der Waals surface area (Å²) < 4.78 is 0. The Hall–Kier alpha value is -1.35. The first-order chi connectivity index (χ1) is 11.6. The van der Waals surface area contributed by atoms with Crippen molar-refractivity contribution in [3.05, 3.63) is 34.9 Å². The Bertz CT molecular complexity index is 549. The molecule has 1 aliphatic carbocycles. The van der Waals surface area contributed by atoms with Crippen molar-refractivity contribution in [1.29, 1.82) is 0 Å². The molecule has 3 heteroatoms. The van der Waals surface area contributed by atoms with Crippen molar-refractivity contribution in [3.8, 4) is 0 Å². The predicted octanol–water partition coefficient (Wildman–Crippen LogP) is 4.22. The van der Waals surface area contributed by atoms with Crippen LogP contribution in [0, 0.1) is 13.8 Å². The zero-order chi connectivity index (χ0) is 17.0. The molecule has 1 N–H and O–H groups in total. The molecule has 0 radical (unpaired) electrons. The molecule has 1 aromatic carbocycles. The van der Waals surface area contributed by atoms with Crippen molar-refractivity contribution in [2.75, 3.05) is 19.6 Å². The van der Waals surface area contributed by atoms with Gasteiger partial charge in [0.25, 0.3) is 5.91 Å². The van der Waals surface area contributed by atoms with Crippen molar-refractivity contribution in [3.63, 3.8) is 0 Å². The van der Waals surface area contributed by atoms with Crippen LogP contribution in [-0.4, -0.2) is 36.0 Å². The Balaban J connectivity index is 1.69. The van der Waals surface area contributed by atoms with Crippen LogP contribution in [0.5, 0.6) is 0 Å². The molecule has 0 unspecified atom stereocenters. The smallest absolute Gasteiger partial charge is 0.251 e. The third kappa shape index (κ3) is 4.00. The van der Waals surface area contributed by atoms with Gasteiger partial charge in [-0.25, -0.2) is 0 Å². The molecule has 1 heterocycles. The van der Waals surface area contributed by atoms with Gasteiger partial charge in [0, 0.05) is 17.6 Å². The Labute approximate surface area is 146 Å². The van der Waals surface area contributed by atoms with Crippen molar-refractivity contribution in [2.24, 2.45) is 0 Å². The van der Waals surface area contributed by atoms with E-state index in [1.54, 1.807) is 0 Å². The molecule has 1 aliphatic heterocycles. The van der Waals surface area contributed by atoms with E-state index in [9.17, 15) is 4.79 Å². The van der Waals surface area contributed by atoms with Gasteiger partial charge in [-0.2, -0.15) is 0 Å². The minimum Gasteiger partial charge on any atom is -0.350 e. The standard InChI is InChI=1S/C21H32N2O/c1-17-13-18(2)15-19(14-17)20(24)22-16-21(9-5-3-6-10-21)23-11-7-4-8-12-23/h13-15H,3-12,16H2,1-2H3,(H,22,24). The number of benzene rings is 1. The van der Waals surface area contributed by atoms with Crippen molar-refractivity contribution in [2.45, 2.75) is 70.8 Å². The van der Waals surface area contributed by atoms with E-state index in [1.165, 1.54) is 64.5 Å². The van der Waals surface area contributed by atoms with Gasteiger partial charge in [0.2, 0.25) is 0 Å². The number of rotatable bonds is 4. The second-order valence-corrected chi connectivity index (χ2v) is 7.89. The van der Waals surface area contributed by atoms with Gasteiger partial charge >= 0.3 is 0 Å².